The first-order valence-corrected chi connectivity index (χ1v) is 7.79. The Morgan fingerprint density at radius 2 is 1.89 bits per heavy atom. The summed E-state index contributed by atoms with van der Waals surface area (Å²) in [5, 5.41) is 0. The highest BCUT2D eigenvalue weighted by Crippen LogP contribution is 2.22. The number of nitrogens with zero attached hydrogens (tertiary/aromatic N) is 1. The standard InChI is InChI=1S/C13H20N2O2S/c1-11-5-6-13(9-12(11)10-14)18(16,17)15-7-3-2-4-8-15/h5-6,9H,2-4,7-8,10,14H2,1H3. The first kappa shape index (κ1) is 13.5. The number of benzene rings is 1. The van der Waals surface area contributed by atoms with Crippen LogP contribution in [0.3, 0.4) is 0 Å². The van der Waals surface area contributed by atoms with E-state index in [1.165, 1.54) is 0 Å². The summed E-state index contributed by atoms with van der Waals surface area (Å²) in [5.41, 5.74) is 7.57. The molecule has 0 unspecified atom stereocenters. The van der Waals surface area contributed by atoms with Crippen LogP contribution in [0, 0.1) is 6.92 Å². The summed E-state index contributed by atoms with van der Waals surface area (Å²) in [6, 6.07) is 5.22. The minimum atomic E-state index is -3.33. The molecule has 1 saturated heterocycles. The second-order valence-corrected chi connectivity index (χ2v) is 6.70. The Kier molecular flexibility index (Phi) is 4.04. The van der Waals surface area contributed by atoms with Gasteiger partial charge >= 0.3 is 0 Å². The molecule has 5 heteroatoms. The SMILES string of the molecule is Cc1ccc(S(=O)(=O)N2CCCCC2)cc1CN. The minimum absolute atomic E-state index is 0.370. The lowest BCUT2D eigenvalue weighted by Crippen LogP contribution is -2.35. The van der Waals surface area contributed by atoms with Crippen LogP contribution < -0.4 is 5.73 Å². The molecule has 0 spiro atoms. The predicted molar refractivity (Wildman–Crippen MR) is 71.7 cm³/mol. The van der Waals surface area contributed by atoms with Crippen molar-refractivity contribution in [3.05, 3.63) is 29.3 Å². The molecule has 1 aliphatic rings. The number of piperidine rings is 1. The van der Waals surface area contributed by atoms with Crippen molar-refractivity contribution in [2.45, 2.75) is 37.6 Å². The average molecular weight is 268 g/mol. The first-order valence-electron chi connectivity index (χ1n) is 6.35. The van der Waals surface area contributed by atoms with Crippen LogP contribution in [0.25, 0.3) is 0 Å². The summed E-state index contributed by atoms with van der Waals surface area (Å²) >= 11 is 0. The zero-order valence-corrected chi connectivity index (χ0v) is 11.5. The Balaban J connectivity index is 2.34. The van der Waals surface area contributed by atoms with Crippen molar-refractivity contribution < 1.29 is 8.42 Å². The van der Waals surface area contributed by atoms with Gasteiger partial charge in [-0.25, -0.2) is 8.42 Å². The lowest BCUT2D eigenvalue weighted by molar-refractivity contribution is 0.346. The van der Waals surface area contributed by atoms with E-state index in [0.29, 0.717) is 24.5 Å². The zero-order chi connectivity index (χ0) is 13.2. The number of hydrogen-bond acceptors (Lipinski definition) is 3. The summed E-state index contributed by atoms with van der Waals surface area (Å²) in [5.74, 6) is 0. The van der Waals surface area contributed by atoms with Crippen LogP contribution in [-0.4, -0.2) is 25.8 Å². The van der Waals surface area contributed by atoms with Crippen LogP contribution in [0.15, 0.2) is 23.1 Å². The van der Waals surface area contributed by atoms with E-state index in [1.54, 1.807) is 16.4 Å². The van der Waals surface area contributed by atoms with Crippen molar-refractivity contribution in [3.8, 4) is 0 Å². The average Bonchev–Trinajstić information content (AvgIpc) is 2.40. The molecule has 1 aromatic rings. The maximum Gasteiger partial charge on any atom is 0.243 e. The van der Waals surface area contributed by atoms with Gasteiger partial charge in [0.1, 0.15) is 0 Å². The van der Waals surface area contributed by atoms with Crippen molar-refractivity contribution in [1.82, 2.24) is 4.31 Å². The van der Waals surface area contributed by atoms with E-state index < -0.39 is 10.0 Å². The summed E-state index contributed by atoms with van der Waals surface area (Å²) in [7, 11) is -3.33. The van der Waals surface area contributed by atoms with Crippen molar-refractivity contribution >= 4 is 10.0 Å². The van der Waals surface area contributed by atoms with E-state index in [2.05, 4.69) is 0 Å². The molecule has 1 aromatic carbocycles. The van der Waals surface area contributed by atoms with Gasteiger partial charge in [0.05, 0.1) is 4.90 Å². The molecular weight excluding hydrogens is 248 g/mol. The quantitative estimate of drug-likeness (QED) is 0.906. The van der Waals surface area contributed by atoms with Gasteiger partial charge in [0.15, 0.2) is 0 Å². The molecule has 1 fully saturated rings. The Bertz CT molecular complexity index is 520. The monoisotopic (exact) mass is 268 g/mol. The van der Waals surface area contributed by atoms with Crippen molar-refractivity contribution in [2.24, 2.45) is 5.73 Å². The fourth-order valence-electron chi connectivity index (χ4n) is 2.28. The van der Waals surface area contributed by atoms with E-state index in [9.17, 15) is 8.42 Å². The molecule has 0 bridgehead atoms. The Morgan fingerprint density at radius 1 is 1.22 bits per heavy atom. The summed E-state index contributed by atoms with van der Waals surface area (Å²) < 4.78 is 26.5. The molecule has 2 N–H and O–H groups in total. The second-order valence-electron chi connectivity index (χ2n) is 4.76. The van der Waals surface area contributed by atoms with Crippen molar-refractivity contribution in [1.29, 1.82) is 0 Å². The summed E-state index contributed by atoms with van der Waals surface area (Å²) in [4.78, 5) is 0.371. The molecular formula is C13H20N2O2S. The second kappa shape index (κ2) is 5.38. The molecule has 2 rings (SSSR count). The molecule has 0 amide bonds. The first-order chi connectivity index (χ1) is 8.55. The molecule has 0 saturated carbocycles. The van der Waals surface area contributed by atoms with Gasteiger partial charge in [-0.1, -0.05) is 12.5 Å². The molecule has 0 radical (unpaired) electrons. The molecule has 4 nitrogen and oxygen atoms in total. The third kappa shape index (κ3) is 2.58. The highest BCUT2D eigenvalue weighted by molar-refractivity contribution is 7.89. The molecule has 0 aliphatic carbocycles. The number of hydrogen-bond donors (Lipinski definition) is 1. The maximum atomic E-state index is 12.5. The number of nitrogens with two attached hydrogens (primary N) is 1. The number of rotatable bonds is 3. The third-order valence-electron chi connectivity index (χ3n) is 3.49. The van der Waals surface area contributed by atoms with Crippen LogP contribution in [0.1, 0.15) is 30.4 Å². The van der Waals surface area contributed by atoms with Gasteiger partial charge < -0.3 is 5.73 Å². The van der Waals surface area contributed by atoms with Crippen molar-refractivity contribution in [3.63, 3.8) is 0 Å². The van der Waals surface area contributed by atoms with Gasteiger partial charge in [-0.2, -0.15) is 4.31 Å². The van der Waals surface area contributed by atoms with Gasteiger partial charge in [0.2, 0.25) is 10.0 Å². The van der Waals surface area contributed by atoms with E-state index in [0.717, 1.165) is 30.4 Å². The van der Waals surface area contributed by atoms with E-state index in [1.807, 2.05) is 13.0 Å². The lowest BCUT2D eigenvalue weighted by atomic mass is 10.1. The van der Waals surface area contributed by atoms with E-state index in [4.69, 9.17) is 5.73 Å². The van der Waals surface area contributed by atoms with E-state index >= 15 is 0 Å². The Hall–Kier alpha value is -0.910. The highest BCUT2D eigenvalue weighted by atomic mass is 32.2. The maximum absolute atomic E-state index is 12.5. The summed E-state index contributed by atoms with van der Waals surface area (Å²) in [6.07, 6.45) is 3.03. The number of sulfonamides is 1. The van der Waals surface area contributed by atoms with Gasteiger partial charge in [-0.15, -0.1) is 0 Å². The fraction of sp³-hybridized carbons (Fsp3) is 0.538. The zero-order valence-electron chi connectivity index (χ0n) is 10.7. The van der Waals surface area contributed by atoms with Crippen LogP contribution in [0.4, 0.5) is 0 Å². The normalized spacial score (nSPS) is 17.9. The van der Waals surface area contributed by atoms with Crippen LogP contribution in [0.5, 0.6) is 0 Å². The topological polar surface area (TPSA) is 63.4 Å². The van der Waals surface area contributed by atoms with Gasteiger partial charge in [0.25, 0.3) is 0 Å². The van der Waals surface area contributed by atoms with Crippen molar-refractivity contribution in [2.75, 3.05) is 13.1 Å². The minimum Gasteiger partial charge on any atom is -0.326 e. The Labute approximate surface area is 109 Å². The fourth-order valence-corrected chi connectivity index (χ4v) is 3.85. The Morgan fingerprint density at radius 3 is 2.50 bits per heavy atom. The highest BCUT2D eigenvalue weighted by Gasteiger charge is 2.26. The summed E-state index contributed by atoms with van der Waals surface area (Å²) in [6.45, 7) is 3.58. The van der Waals surface area contributed by atoms with Gasteiger partial charge in [0, 0.05) is 19.6 Å². The molecule has 1 aliphatic heterocycles. The van der Waals surface area contributed by atoms with Crippen LogP contribution in [-0.2, 0) is 16.6 Å². The van der Waals surface area contributed by atoms with E-state index in [-0.39, 0.29) is 0 Å². The van der Waals surface area contributed by atoms with Crippen LogP contribution >= 0.6 is 0 Å². The predicted octanol–water partition coefficient (Wildman–Crippen LogP) is 1.63. The smallest absolute Gasteiger partial charge is 0.243 e. The molecule has 0 aromatic heterocycles. The number of aryl methyl sites for hydroxylation is 1. The van der Waals surface area contributed by atoms with Crippen LogP contribution in [0.2, 0.25) is 0 Å². The van der Waals surface area contributed by atoms with Gasteiger partial charge in [-0.3, -0.25) is 0 Å². The molecule has 0 atom stereocenters. The molecule has 18 heavy (non-hydrogen) atoms. The van der Waals surface area contributed by atoms with Gasteiger partial charge in [-0.05, 0) is 43.0 Å². The lowest BCUT2D eigenvalue weighted by Gasteiger charge is -2.26. The third-order valence-corrected chi connectivity index (χ3v) is 5.39. The largest absolute Gasteiger partial charge is 0.326 e. The molecule has 1 heterocycles. The molecule has 100 valence electrons.